The minimum absolute atomic E-state index is 0.0384. The summed E-state index contributed by atoms with van der Waals surface area (Å²) in [4.78, 5) is 0. The molecule has 5 nitrogen and oxygen atoms in total. The van der Waals surface area contributed by atoms with Gasteiger partial charge in [-0.25, -0.2) is 12.8 Å². The second kappa shape index (κ2) is 6.72. The highest BCUT2D eigenvalue weighted by Crippen LogP contribution is 2.21. The van der Waals surface area contributed by atoms with Crippen molar-refractivity contribution in [3.63, 3.8) is 0 Å². The van der Waals surface area contributed by atoms with Gasteiger partial charge in [-0.2, -0.15) is 0 Å². The lowest BCUT2D eigenvalue weighted by Gasteiger charge is -2.16. The van der Waals surface area contributed by atoms with Gasteiger partial charge in [-0.3, -0.25) is 4.72 Å². The molecular weight excluding hydrogens is 271 g/mol. The molecule has 1 atom stereocenters. The molecule has 1 rings (SSSR count). The average molecular weight is 290 g/mol. The Balaban J connectivity index is 2.78. The molecule has 19 heavy (non-hydrogen) atoms. The zero-order valence-corrected chi connectivity index (χ0v) is 12.1. The highest BCUT2D eigenvalue weighted by molar-refractivity contribution is 7.92. The summed E-state index contributed by atoms with van der Waals surface area (Å²) in [5.74, 6) is -0.617. The molecule has 108 valence electrons. The number of benzene rings is 1. The van der Waals surface area contributed by atoms with Crippen LogP contribution in [0.3, 0.4) is 0 Å². The molecule has 0 aliphatic heterocycles. The van der Waals surface area contributed by atoms with Crippen LogP contribution in [0, 0.1) is 5.82 Å². The summed E-state index contributed by atoms with van der Waals surface area (Å²) in [7, 11) is -3.50. The van der Waals surface area contributed by atoms with Gasteiger partial charge in [0.05, 0.1) is 18.6 Å². The fraction of sp³-hybridized carbons (Fsp3) is 0.500. The molecule has 1 aromatic rings. The summed E-state index contributed by atoms with van der Waals surface area (Å²) >= 11 is 0. The lowest BCUT2D eigenvalue weighted by Crippen LogP contribution is -2.22. The summed E-state index contributed by atoms with van der Waals surface area (Å²) in [5.41, 5.74) is 0.552. The molecular formula is C12H19FN2O3S. The summed E-state index contributed by atoms with van der Waals surface area (Å²) < 4.78 is 43.1. The van der Waals surface area contributed by atoms with Crippen molar-refractivity contribution in [1.29, 1.82) is 0 Å². The minimum atomic E-state index is -3.50. The zero-order chi connectivity index (χ0) is 14.5. The van der Waals surface area contributed by atoms with Crippen molar-refractivity contribution in [2.24, 2.45) is 0 Å². The van der Waals surface area contributed by atoms with Crippen LogP contribution in [0.25, 0.3) is 0 Å². The normalized spacial score (nSPS) is 13.1. The predicted molar refractivity (Wildman–Crippen MR) is 74.4 cm³/mol. The van der Waals surface area contributed by atoms with Gasteiger partial charge in [0.15, 0.2) is 0 Å². The molecule has 0 heterocycles. The molecule has 0 saturated carbocycles. The fourth-order valence-corrected chi connectivity index (χ4v) is 2.07. The Kier molecular flexibility index (Phi) is 5.56. The van der Waals surface area contributed by atoms with Crippen LogP contribution < -0.4 is 10.0 Å². The Morgan fingerprint density at radius 3 is 2.68 bits per heavy atom. The predicted octanol–water partition coefficient (Wildman–Crippen LogP) is 2.03. The topological polar surface area (TPSA) is 67.4 Å². The first-order valence-electron chi connectivity index (χ1n) is 5.93. The number of sulfonamides is 1. The smallest absolute Gasteiger partial charge is 0.229 e. The van der Waals surface area contributed by atoms with Crippen LogP contribution in [-0.2, 0) is 14.8 Å². The molecule has 7 heteroatoms. The first kappa shape index (κ1) is 15.7. The van der Waals surface area contributed by atoms with E-state index in [1.165, 1.54) is 12.1 Å². The van der Waals surface area contributed by atoms with Gasteiger partial charge >= 0.3 is 0 Å². The minimum Gasteiger partial charge on any atom is -0.380 e. The lowest BCUT2D eigenvalue weighted by molar-refractivity contribution is 0.141. The molecule has 1 aromatic carbocycles. The summed E-state index contributed by atoms with van der Waals surface area (Å²) in [6, 6.07) is 4.21. The molecule has 0 saturated heterocycles. The monoisotopic (exact) mass is 290 g/mol. The number of anilines is 2. The van der Waals surface area contributed by atoms with Gasteiger partial charge in [0, 0.05) is 18.3 Å². The van der Waals surface area contributed by atoms with Gasteiger partial charge in [-0.15, -0.1) is 0 Å². The zero-order valence-electron chi connectivity index (χ0n) is 11.2. The highest BCUT2D eigenvalue weighted by atomic mass is 32.2. The quantitative estimate of drug-likeness (QED) is 0.806. The van der Waals surface area contributed by atoms with E-state index in [0.717, 1.165) is 6.26 Å². The SMILES string of the molecule is CCOCC(C)Nc1ccc(F)c(NS(C)(=O)=O)c1. The van der Waals surface area contributed by atoms with Gasteiger partial charge in [0.1, 0.15) is 5.82 Å². The fourth-order valence-electron chi connectivity index (χ4n) is 1.51. The van der Waals surface area contributed by atoms with Gasteiger partial charge in [-0.1, -0.05) is 0 Å². The lowest BCUT2D eigenvalue weighted by atomic mass is 10.2. The van der Waals surface area contributed by atoms with Crippen molar-refractivity contribution >= 4 is 21.4 Å². The van der Waals surface area contributed by atoms with Crippen molar-refractivity contribution in [2.45, 2.75) is 19.9 Å². The first-order valence-corrected chi connectivity index (χ1v) is 7.82. The van der Waals surface area contributed by atoms with Gasteiger partial charge in [0.2, 0.25) is 10.0 Å². The largest absolute Gasteiger partial charge is 0.380 e. The Bertz CT molecular complexity index is 520. The van der Waals surface area contributed by atoms with E-state index in [4.69, 9.17) is 4.74 Å². The van der Waals surface area contributed by atoms with Crippen LogP contribution in [0.2, 0.25) is 0 Å². The molecule has 0 amide bonds. The van der Waals surface area contributed by atoms with Crippen LogP contribution >= 0.6 is 0 Å². The maximum absolute atomic E-state index is 13.5. The van der Waals surface area contributed by atoms with E-state index in [1.54, 1.807) is 6.07 Å². The molecule has 0 bridgehead atoms. The molecule has 0 fully saturated rings. The third kappa shape index (κ3) is 5.89. The number of rotatable bonds is 7. The highest BCUT2D eigenvalue weighted by Gasteiger charge is 2.09. The summed E-state index contributed by atoms with van der Waals surface area (Å²) in [6.45, 7) is 4.96. The summed E-state index contributed by atoms with van der Waals surface area (Å²) in [5, 5.41) is 3.10. The van der Waals surface area contributed by atoms with Gasteiger partial charge in [-0.05, 0) is 32.0 Å². The van der Waals surface area contributed by atoms with E-state index in [-0.39, 0.29) is 11.7 Å². The molecule has 0 aliphatic carbocycles. The molecule has 1 unspecified atom stereocenters. The number of ether oxygens (including phenoxy) is 1. The van der Waals surface area contributed by atoms with Crippen LogP contribution in [0.1, 0.15) is 13.8 Å². The van der Waals surface area contributed by atoms with E-state index in [2.05, 4.69) is 10.0 Å². The van der Waals surface area contributed by atoms with E-state index >= 15 is 0 Å². The van der Waals surface area contributed by atoms with Crippen LogP contribution in [0.4, 0.5) is 15.8 Å². The van der Waals surface area contributed by atoms with Crippen LogP contribution in [0.5, 0.6) is 0 Å². The molecule has 0 aliphatic rings. The Morgan fingerprint density at radius 2 is 2.11 bits per heavy atom. The van der Waals surface area contributed by atoms with Gasteiger partial charge in [0.25, 0.3) is 0 Å². The summed E-state index contributed by atoms with van der Waals surface area (Å²) in [6.07, 6.45) is 0.976. The Hall–Kier alpha value is -1.34. The van der Waals surface area contributed by atoms with Crippen molar-refractivity contribution < 1.29 is 17.5 Å². The Labute approximate surface area is 113 Å². The second-order valence-electron chi connectivity index (χ2n) is 4.27. The molecule has 0 aromatic heterocycles. The van der Waals surface area contributed by atoms with Crippen LogP contribution in [-0.4, -0.2) is 33.9 Å². The number of halogens is 1. The third-order valence-electron chi connectivity index (χ3n) is 2.25. The average Bonchev–Trinajstić information content (AvgIpc) is 2.29. The molecule has 0 spiro atoms. The number of hydrogen-bond acceptors (Lipinski definition) is 4. The van der Waals surface area contributed by atoms with Crippen molar-refractivity contribution in [3.05, 3.63) is 24.0 Å². The van der Waals surface area contributed by atoms with E-state index in [9.17, 15) is 12.8 Å². The van der Waals surface area contributed by atoms with E-state index in [0.29, 0.717) is 18.9 Å². The first-order chi connectivity index (χ1) is 8.81. The maximum Gasteiger partial charge on any atom is 0.229 e. The van der Waals surface area contributed by atoms with Crippen molar-refractivity contribution in [3.8, 4) is 0 Å². The number of hydrogen-bond donors (Lipinski definition) is 2. The standard InChI is InChI=1S/C12H19FN2O3S/c1-4-18-8-9(2)14-10-5-6-11(13)12(7-10)15-19(3,16)17/h5-7,9,14-15H,4,8H2,1-3H3. The van der Waals surface area contributed by atoms with Crippen molar-refractivity contribution in [2.75, 3.05) is 29.5 Å². The van der Waals surface area contributed by atoms with Gasteiger partial charge < -0.3 is 10.1 Å². The maximum atomic E-state index is 13.5. The van der Waals surface area contributed by atoms with Crippen LogP contribution in [0.15, 0.2) is 18.2 Å². The van der Waals surface area contributed by atoms with Crippen molar-refractivity contribution in [1.82, 2.24) is 0 Å². The van der Waals surface area contributed by atoms with E-state index < -0.39 is 15.8 Å². The number of nitrogens with one attached hydrogen (secondary N) is 2. The van der Waals surface area contributed by atoms with E-state index in [1.807, 2.05) is 13.8 Å². The Morgan fingerprint density at radius 1 is 1.42 bits per heavy atom. The molecule has 2 N–H and O–H groups in total. The third-order valence-corrected chi connectivity index (χ3v) is 2.84. The molecule has 0 radical (unpaired) electrons. The second-order valence-corrected chi connectivity index (χ2v) is 6.02.